The lowest BCUT2D eigenvalue weighted by molar-refractivity contribution is 0.160. The monoisotopic (exact) mass is 395 g/mol. The fourth-order valence-corrected chi connectivity index (χ4v) is 4.59. The Hall–Kier alpha value is -2.80. The molecule has 29 heavy (non-hydrogen) atoms. The highest BCUT2D eigenvalue weighted by molar-refractivity contribution is 5.63. The molecular weight excluding hydrogens is 372 g/mol. The fourth-order valence-electron chi connectivity index (χ4n) is 4.59. The average molecular weight is 395 g/mol. The number of benzene rings is 1. The van der Waals surface area contributed by atoms with Gasteiger partial charge in [-0.05, 0) is 43.2 Å². The molecule has 0 radical (unpaired) electrons. The molecule has 1 aromatic carbocycles. The maximum atomic E-state index is 14.1. The fraction of sp³-hybridized carbons (Fsp3) is 0.364. The van der Waals surface area contributed by atoms with E-state index >= 15 is 0 Å². The second kappa shape index (κ2) is 6.91. The first-order valence-electron chi connectivity index (χ1n) is 10.1. The van der Waals surface area contributed by atoms with E-state index in [0.29, 0.717) is 12.1 Å². The van der Waals surface area contributed by atoms with Gasteiger partial charge in [-0.15, -0.1) is 0 Å². The van der Waals surface area contributed by atoms with Crippen LogP contribution in [0.25, 0.3) is 5.82 Å². The predicted molar refractivity (Wildman–Crippen MR) is 107 cm³/mol. The number of imidazole rings is 1. The summed E-state index contributed by atoms with van der Waals surface area (Å²) in [6.07, 6.45) is 6.31. The SMILES string of the molecule is CCc1ncc2n1-c1ncccc1NC21CCN(Cc2cc(F)ccc2F)CC1. The number of hydrogen-bond donors (Lipinski definition) is 1. The quantitative estimate of drug-likeness (QED) is 0.728. The Morgan fingerprint density at radius 1 is 1.14 bits per heavy atom. The van der Waals surface area contributed by atoms with Crippen LogP contribution in [0.2, 0.25) is 0 Å². The van der Waals surface area contributed by atoms with Crippen molar-refractivity contribution in [3.63, 3.8) is 0 Å². The van der Waals surface area contributed by atoms with E-state index in [1.54, 1.807) is 6.20 Å². The van der Waals surface area contributed by atoms with Crippen molar-refractivity contribution in [1.82, 2.24) is 19.4 Å². The summed E-state index contributed by atoms with van der Waals surface area (Å²) in [4.78, 5) is 11.4. The highest BCUT2D eigenvalue weighted by atomic mass is 19.1. The van der Waals surface area contributed by atoms with Crippen molar-refractivity contribution in [3.05, 3.63) is 71.4 Å². The van der Waals surface area contributed by atoms with Gasteiger partial charge in [-0.2, -0.15) is 0 Å². The normalized spacial score (nSPS) is 17.6. The number of anilines is 1. The van der Waals surface area contributed by atoms with Crippen molar-refractivity contribution in [2.24, 2.45) is 0 Å². The molecule has 1 fully saturated rings. The zero-order chi connectivity index (χ0) is 20.0. The minimum absolute atomic E-state index is 0.229. The minimum Gasteiger partial charge on any atom is -0.371 e. The molecule has 4 heterocycles. The van der Waals surface area contributed by atoms with E-state index in [9.17, 15) is 8.78 Å². The summed E-state index contributed by atoms with van der Waals surface area (Å²) in [5.74, 6) is 1.15. The van der Waals surface area contributed by atoms with Crippen molar-refractivity contribution in [2.45, 2.75) is 38.3 Å². The molecule has 1 spiro atoms. The molecule has 0 bridgehead atoms. The molecule has 0 saturated carbocycles. The van der Waals surface area contributed by atoms with Gasteiger partial charge in [0.2, 0.25) is 0 Å². The van der Waals surface area contributed by atoms with Crippen LogP contribution in [0.5, 0.6) is 0 Å². The lowest BCUT2D eigenvalue weighted by atomic mass is 9.82. The van der Waals surface area contributed by atoms with Gasteiger partial charge in [0.05, 0.1) is 23.1 Å². The lowest BCUT2D eigenvalue weighted by Crippen LogP contribution is -2.49. The summed E-state index contributed by atoms with van der Waals surface area (Å²) in [7, 11) is 0. The van der Waals surface area contributed by atoms with Gasteiger partial charge in [0.1, 0.15) is 17.5 Å². The van der Waals surface area contributed by atoms with Crippen LogP contribution < -0.4 is 5.32 Å². The number of aryl methyl sites for hydroxylation is 1. The number of fused-ring (bicyclic) bond motifs is 4. The minimum atomic E-state index is -0.399. The molecule has 5 nitrogen and oxygen atoms in total. The second-order valence-electron chi connectivity index (χ2n) is 7.84. The number of likely N-dealkylation sites (tertiary alicyclic amines) is 1. The zero-order valence-corrected chi connectivity index (χ0v) is 16.3. The Morgan fingerprint density at radius 3 is 2.76 bits per heavy atom. The van der Waals surface area contributed by atoms with Gasteiger partial charge < -0.3 is 5.32 Å². The zero-order valence-electron chi connectivity index (χ0n) is 16.3. The third-order valence-corrected chi connectivity index (χ3v) is 6.13. The van der Waals surface area contributed by atoms with Gasteiger partial charge in [0, 0.05) is 37.8 Å². The molecule has 0 amide bonds. The molecule has 2 aromatic heterocycles. The third-order valence-electron chi connectivity index (χ3n) is 6.13. The number of nitrogens with one attached hydrogen (secondary N) is 1. The Morgan fingerprint density at radius 2 is 1.97 bits per heavy atom. The maximum Gasteiger partial charge on any atom is 0.161 e. The molecular formula is C22H23F2N5. The third kappa shape index (κ3) is 3.00. The molecule has 1 saturated heterocycles. The number of pyridine rings is 1. The second-order valence-corrected chi connectivity index (χ2v) is 7.84. The van der Waals surface area contributed by atoms with Crippen molar-refractivity contribution in [2.75, 3.05) is 18.4 Å². The molecule has 2 aliphatic heterocycles. The Balaban J connectivity index is 1.42. The number of piperidine rings is 1. The van der Waals surface area contributed by atoms with Gasteiger partial charge in [0.25, 0.3) is 0 Å². The molecule has 7 heteroatoms. The van der Waals surface area contributed by atoms with E-state index in [-0.39, 0.29) is 11.4 Å². The van der Waals surface area contributed by atoms with Crippen LogP contribution in [-0.2, 0) is 18.5 Å². The number of hydrogen-bond acceptors (Lipinski definition) is 4. The van der Waals surface area contributed by atoms with E-state index in [1.165, 1.54) is 12.1 Å². The molecule has 0 atom stereocenters. The average Bonchev–Trinajstić information content (AvgIpc) is 3.18. The molecule has 2 aliphatic rings. The van der Waals surface area contributed by atoms with Crippen molar-refractivity contribution >= 4 is 5.69 Å². The van der Waals surface area contributed by atoms with Gasteiger partial charge in [-0.1, -0.05) is 6.92 Å². The van der Waals surface area contributed by atoms with Crippen molar-refractivity contribution in [1.29, 1.82) is 0 Å². The van der Waals surface area contributed by atoms with Crippen LogP contribution in [0.3, 0.4) is 0 Å². The van der Waals surface area contributed by atoms with E-state index < -0.39 is 5.82 Å². The van der Waals surface area contributed by atoms with E-state index in [0.717, 1.165) is 61.4 Å². The summed E-state index contributed by atoms with van der Waals surface area (Å²) in [6, 6.07) is 7.65. The molecule has 3 aromatic rings. The molecule has 0 unspecified atom stereocenters. The highest BCUT2D eigenvalue weighted by Gasteiger charge is 2.43. The Bertz CT molecular complexity index is 1050. The largest absolute Gasteiger partial charge is 0.371 e. The van der Waals surface area contributed by atoms with Crippen LogP contribution >= 0.6 is 0 Å². The maximum absolute atomic E-state index is 14.1. The van der Waals surface area contributed by atoms with Crippen molar-refractivity contribution in [3.8, 4) is 5.82 Å². The molecule has 150 valence electrons. The van der Waals surface area contributed by atoms with Crippen LogP contribution in [0.4, 0.5) is 14.5 Å². The van der Waals surface area contributed by atoms with Gasteiger partial charge >= 0.3 is 0 Å². The van der Waals surface area contributed by atoms with Gasteiger partial charge in [0.15, 0.2) is 5.82 Å². The molecule has 1 N–H and O–H groups in total. The van der Waals surface area contributed by atoms with Crippen LogP contribution in [-0.4, -0.2) is 32.5 Å². The van der Waals surface area contributed by atoms with Crippen LogP contribution in [0.1, 0.15) is 36.8 Å². The topological polar surface area (TPSA) is 46.0 Å². The van der Waals surface area contributed by atoms with Crippen LogP contribution in [0.15, 0.2) is 42.7 Å². The lowest BCUT2D eigenvalue weighted by Gasteiger charge is -2.45. The van der Waals surface area contributed by atoms with E-state index in [2.05, 4.69) is 37.7 Å². The highest BCUT2D eigenvalue weighted by Crippen LogP contribution is 2.43. The smallest absolute Gasteiger partial charge is 0.161 e. The Labute approximate surface area is 168 Å². The summed E-state index contributed by atoms with van der Waals surface area (Å²) < 4.78 is 29.8. The molecule has 0 aliphatic carbocycles. The summed E-state index contributed by atoms with van der Waals surface area (Å²) >= 11 is 0. The van der Waals surface area contributed by atoms with E-state index in [1.807, 2.05) is 12.3 Å². The van der Waals surface area contributed by atoms with Crippen molar-refractivity contribution < 1.29 is 8.78 Å². The first-order valence-corrected chi connectivity index (χ1v) is 10.1. The number of nitrogens with zero attached hydrogens (tertiary/aromatic N) is 4. The summed E-state index contributed by atoms with van der Waals surface area (Å²) in [6.45, 7) is 4.08. The van der Waals surface area contributed by atoms with Crippen LogP contribution in [0, 0.1) is 11.6 Å². The Kier molecular flexibility index (Phi) is 4.35. The van der Waals surface area contributed by atoms with Gasteiger partial charge in [-0.3, -0.25) is 9.47 Å². The predicted octanol–water partition coefficient (Wildman–Crippen LogP) is 4.02. The summed E-state index contributed by atoms with van der Waals surface area (Å²) in [5, 5.41) is 3.73. The first-order chi connectivity index (χ1) is 14.1. The number of rotatable bonds is 3. The first kappa shape index (κ1) is 18.2. The molecule has 5 rings (SSSR count). The van der Waals surface area contributed by atoms with Gasteiger partial charge in [-0.25, -0.2) is 18.7 Å². The number of aromatic nitrogens is 3. The summed E-state index contributed by atoms with van der Waals surface area (Å²) in [5.41, 5.74) is 2.33. The standard InChI is InChI=1S/C22H23F2N5/c1-2-20-26-13-19-22(27-18-4-3-9-25-21(18)29(19)20)7-10-28(11-8-22)14-15-12-16(23)5-6-17(15)24/h3-6,9,12-13,27H,2,7-8,10-11,14H2,1H3. The van der Waals surface area contributed by atoms with E-state index in [4.69, 9.17) is 0 Å². The number of halogens is 2.